The second-order valence-electron chi connectivity index (χ2n) is 4.30. The summed E-state index contributed by atoms with van der Waals surface area (Å²) in [6.45, 7) is 0. The molecule has 1 aromatic heterocycles. The molecule has 2 nitrogen and oxygen atoms in total. The summed E-state index contributed by atoms with van der Waals surface area (Å²) in [6, 6.07) is 4.12. The molecule has 0 bridgehead atoms. The molecule has 3 rings (SSSR count). The van der Waals surface area contributed by atoms with Crippen LogP contribution in [0.25, 0.3) is 10.9 Å². The highest BCUT2D eigenvalue weighted by Gasteiger charge is 2.20. The van der Waals surface area contributed by atoms with Gasteiger partial charge in [0, 0.05) is 27.4 Å². The molecule has 2 aromatic rings. The van der Waals surface area contributed by atoms with Gasteiger partial charge in [-0.1, -0.05) is 11.6 Å². The lowest BCUT2D eigenvalue weighted by atomic mass is 10.1. The molecule has 17 heavy (non-hydrogen) atoms. The Morgan fingerprint density at radius 3 is 2.94 bits per heavy atom. The molecule has 0 atom stereocenters. The van der Waals surface area contributed by atoms with Crippen LogP contribution in [0.5, 0.6) is 0 Å². The number of nitrogens with zero attached hydrogens (tertiary/aromatic N) is 1. The lowest BCUT2D eigenvalue weighted by Gasteiger charge is -2.13. The normalized spacial score (nSPS) is 14.1. The van der Waals surface area contributed by atoms with Crippen molar-refractivity contribution in [3.05, 3.63) is 32.0 Å². The molecule has 1 aliphatic carbocycles. The van der Waals surface area contributed by atoms with Crippen molar-refractivity contribution in [1.82, 2.24) is 4.98 Å². The lowest BCUT2D eigenvalue weighted by molar-refractivity contribution is 0.901. The number of halogens is 2. The van der Waals surface area contributed by atoms with Crippen LogP contribution in [-0.4, -0.2) is 12.0 Å². The Morgan fingerprint density at radius 1 is 1.35 bits per heavy atom. The zero-order valence-corrected chi connectivity index (χ0v) is 12.4. The quantitative estimate of drug-likeness (QED) is 0.779. The van der Waals surface area contributed by atoms with Gasteiger partial charge in [-0.25, -0.2) is 0 Å². The molecule has 1 N–H and O–H groups in total. The van der Waals surface area contributed by atoms with Crippen LogP contribution in [0, 0.1) is 3.57 Å². The van der Waals surface area contributed by atoms with Crippen LogP contribution >= 0.6 is 34.2 Å². The zero-order chi connectivity index (χ0) is 12.0. The summed E-state index contributed by atoms with van der Waals surface area (Å²) in [6.07, 6.45) is 3.39. The summed E-state index contributed by atoms with van der Waals surface area (Å²) < 4.78 is 1.15. The number of aromatic nitrogens is 1. The van der Waals surface area contributed by atoms with E-state index >= 15 is 0 Å². The minimum atomic E-state index is 0.748. The van der Waals surface area contributed by atoms with Crippen molar-refractivity contribution in [2.24, 2.45) is 0 Å². The monoisotopic (exact) mass is 358 g/mol. The van der Waals surface area contributed by atoms with Crippen LogP contribution in [0.4, 0.5) is 5.69 Å². The zero-order valence-electron chi connectivity index (χ0n) is 9.48. The van der Waals surface area contributed by atoms with E-state index in [0.29, 0.717) is 0 Å². The SMILES string of the molecule is CNc1c2c(nc3c(Cl)cc(I)cc13)CCC2. The third-order valence-electron chi connectivity index (χ3n) is 3.28. The molecule has 0 unspecified atom stereocenters. The van der Waals surface area contributed by atoms with Crippen molar-refractivity contribution in [3.63, 3.8) is 0 Å². The Balaban J connectivity index is 2.45. The van der Waals surface area contributed by atoms with Gasteiger partial charge in [0.05, 0.1) is 10.5 Å². The van der Waals surface area contributed by atoms with E-state index in [0.717, 1.165) is 32.3 Å². The number of benzene rings is 1. The van der Waals surface area contributed by atoms with Gasteiger partial charge in [-0.3, -0.25) is 4.98 Å². The average Bonchev–Trinajstić information content (AvgIpc) is 2.74. The van der Waals surface area contributed by atoms with Crippen molar-refractivity contribution < 1.29 is 0 Å². The minimum Gasteiger partial charge on any atom is -0.387 e. The number of fused-ring (bicyclic) bond motifs is 2. The highest BCUT2D eigenvalue weighted by molar-refractivity contribution is 14.1. The van der Waals surface area contributed by atoms with Crippen LogP contribution in [0.2, 0.25) is 5.02 Å². The standard InChI is InChI=1S/C13H12ClIN2/c1-16-12-8-3-2-4-11(8)17-13-9(12)5-7(15)6-10(13)14/h5-6H,2-4H2,1H3,(H,16,17). The molecule has 0 fully saturated rings. The van der Waals surface area contributed by atoms with E-state index < -0.39 is 0 Å². The molecule has 88 valence electrons. The van der Waals surface area contributed by atoms with Crippen molar-refractivity contribution in [2.45, 2.75) is 19.3 Å². The molecule has 1 aromatic carbocycles. The Morgan fingerprint density at radius 2 is 2.18 bits per heavy atom. The number of aryl methyl sites for hydroxylation is 1. The Hall–Kier alpha value is -0.550. The van der Waals surface area contributed by atoms with Crippen LogP contribution < -0.4 is 5.32 Å². The van der Waals surface area contributed by atoms with Gasteiger partial charge in [0.15, 0.2) is 0 Å². The van der Waals surface area contributed by atoms with Gasteiger partial charge in [0.1, 0.15) is 0 Å². The van der Waals surface area contributed by atoms with Gasteiger partial charge in [-0.15, -0.1) is 0 Å². The van der Waals surface area contributed by atoms with E-state index in [4.69, 9.17) is 16.6 Å². The van der Waals surface area contributed by atoms with Gasteiger partial charge in [-0.2, -0.15) is 0 Å². The van der Waals surface area contributed by atoms with E-state index in [1.165, 1.54) is 23.4 Å². The molecular weight excluding hydrogens is 347 g/mol. The molecular formula is C13H12ClIN2. The second kappa shape index (κ2) is 4.28. The van der Waals surface area contributed by atoms with Gasteiger partial charge >= 0.3 is 0 Å². The highest BCUT2D eigenvalue weighted by Crippen LogP contribution is 2.37. The number of pyridine rings is 1. The molecule has 0 saturated heterocycles. The third-order valence-corrected chi connectivity index (χ3v) is 4.20. The van der Waals surface area contributed by atoms with E-state index in [2.05, 4.69) is 34.0 Å². The molecule has 4 heteroatoms. The largest absolute Gasteiger partial charge is 0.387 e. The van der Waals surface area contributed by atoms with Gasteiger partial charge < -0.3 is 5.32 Å². The van der Waals surface area contributed by atoms with Crippen LogP contribution in [-0.2, 0) is 12.8 Å². The fourth-order valence-electron chi connectivity index (χ4n) is 2.57. The summed E-state index contributed by atoms with van der Waals surface area (Å²) in [4.78, 5) is 4.73. The fraction of sp³-hybridized carbons (Fsp3) is 0.308. The Labute approximate surface area is 119 Å². The summed E-state index contributed by atoms with van der Waals surface area (Å²) in [5.41, 5.74) is 4.73. The van der Waals surface area contributed by atoms with Crippen molar-refractivity contribution in [1.29, 1.82) is 0 Å². The second-order valence-corrected chi connectivity index (χ2v) is 5.95. The van der Waals surface area contributed by atoms with Crippen molar-refractivity contribution in [2.75, 3.05) is 12.4 Å². The summed E-state index contributed by atoms with van der Waals surface area (Å²) in [7, 11) is 1.97. The number of hydrogen-bond donors (Lipinski definition) is 1. The predicted octanol–water partition coefficient (Wildman–Crippen LogP) is 4.02. The average molecular weight is 359 g/mol. The van der Waals surface area contributed by atoms with Gasteiger partial charge in [-0.05, 0) is 59.5 Å². The summed E-state index contributed by atoms with van der Waals surface area (Å²) >= 11 is 8.59. The van der Waals surface area contributed by atoms with E-state index in [1.54, 1.807) is 0 Å². The predicted molar refractivity (Wildman–Crippen MR) is 81.0 cm³/mol. The Bertz CT molecular complexity index is 610. The number of nitrogens with one attached hydrogen (secondary N) is 1. The molecule has 0 spiro atoms. The van der Waals surface area contributed by atoms with E-state index in [1.807, 2.05) is 13.1 Å². The molecule has 0 aliphatic heterocycles. The third kappa shape index (κ3) is 1.80. The van der Waals surface area contributed by atoms with Crippen molar-refractivity contribution in [3.8, 4) is 0 Å². The minimum absolute atomic E-state index is 0.748. The van der Waals surface area contributed by atoms with Gasteiger partial charge in [0.2, 0.25) is 0 Å². The van der Waals surface area contributed by atoms with Crippen LogP contribution in [0.3, 0.4) is 0 Å². The van der Waals surface area contributed by atoms with Crippen molar-refractivity contribution >= 4 is 50.8 Å². The highest BCUT2D eigenvalue weighted by atomic mass is 127. The summed E-state index contributed by atoms with van der Waals surface area (Å²) in [5, 5.41) is 5.21. The Kier molecular flexibility index (Phi) is 2.91. The maximum Gasteiger partial charge on any atom is 0.0913 e. The maximum atomic E-state index is 6.30. The number of rotatable bonds is 1. The first-order valence-electron chi connectivity index (χ1n) is 5.69. The molecule has 0 amide bonds. The van der Waals surface area contributed by atoms with E-state index in [-0.39, 0.29) is 0 Å². The smallest absolute Gasteiger partial charge is 0.0913 e. The van der Waals surface area contributed by atoms with Crippen LogP contribution in [0.15, 0.2) is 12.1 Å². The first-order valence-corrected chi connectivity index (χ1v) is 7.14. The van der Waals surface area contributed by atoms with Crippen LogP contribution in [0.1, 0.15) is 17.7 Å². The lowest BCUT2D eigenvalue weighted by Crippen LogP contribution is -2.00. The first-order chi connectivity index (χ1) is 8.20. The fourth-order valence-corrected chi connectivity index (χ4v) is 3.64. The maximum absolute atomic E-state index is 6.30. The van der Waals surface area contributed by atoms with E-state index in [9.17, 15) is 0 Å². The van der Waals surface area contributed by atoms with Gasteiger partial charge in [0.25, 0.3) is 0 Å². The first kappa shape index (κ1) is 11.5. The topological polar surface area (TPSA) is 24.9 Å². The summed E-state index contributed by atoms with van der Waals surface area (Å²) in [5.74, 6) is 0. The molecule has 0 saturated carbocycles. The molecule has 1 aliphatic rings. The number of hydrogen-bond acceptors (Lipinski definition) is 2. The number of anilines is 1. The molecule has 0 radical (unpaired) electrons. The molecule has 1 heterocycles.